The average molecular weight is 338 g/mol. The fourth-order valence-corrected chi connectivity index (χ4v) is 2.75. The Morgan fingerprint density at radius 1 is 1.32 bits per heavy atom. The summed E-state index contributed by atoms with van der Waals surface area (Å²) in [4.78, 5) is 31.0. The molecule has 0 radical (unpaired) electrons. The van der Waals surface area contributed by atoms with Crippen LogP contribution in [0.3, 0.4) is 0 Å². The molecule has 0 aliphatic heterocycles. The molecule has 0 aliphatic rings. The first-order valence-corrected chi connectivity index (χ1v) is 7.81. The molecule has 7 heteroatoms. The van der Waals surface area contributed by atoms with Gasteiger partial charge in [-0.15, -0.1) is 0 Å². The van der Waals surface area contributed by atoms with Crippen LogP contribution >= 0.6 is 0 Å². The number of amides is 1. The van der Waals surface area contributed by atoms with Crippen molar-refractivity contribution in [3.8, 4) is 11.3 Å². The van der Waals surface area contributed by atoms with Gasteiger partial charge in [-0.05, 0) is 31.5 Å². The molecule has 3 rings (SSSR count). The van der Waals surface area contributed by atoms with Gasteiger partial charge in [-0.1, -0.05) is 5.16 Å². The maximum atomic E-state index is 12.5. The summed E-state index contributed by atoms with van der Waals surface area (Å²) >= 11 is 0. The van der Waals surface area contributed by atoms with Crippen molar-refractivity contribution in [1.29, 1.82) is 0 Å². The van der Waals surface area contributed by atoms with Crippen LogP contribution in [-0.2, 0) is 6.54 Å². The van der Waals surface area contributed by atoms with Crippen molar-refractivity contribution in [2.45, 2.75) is 27.3 Å². The van der Waals surface area contributed by atoms with Crippen molar-refractivity contribution < 1.29 is 14.1 Å². The summed E-state index contributed by atoms with van der Waals surface area (Å²) in [5.41, 5.74) is 3.75. The highest BCUT2D eigenvalue weighted by Gasteiger charge is 2.20. The number of nitrogens with zero attached hydrogens (tertiary/aromatic N) is 2. The number of Topliss-reactive ketones (excluding diaryl/α,β-unsaturated/α-hetero) is 1. The zero-order valence-electron chi connectivity index (χ0n) is 14.2. The normalized spacial score (nSPS) is 10.7. The number of aromatic amines is 1. The van der Waals surface area contributed by atoms with Gasteiger partial charge in [-0.2, -0.15) is 0 Å². The van der Waals surface area contributed by atoms with E-state index in [2.05, 4.69) is 20.4 Å². The van der Waals surface area contributed by atoms with Gasteiger partial charge in [0.2, 0.25) is 0 Å². The quantitative estimate of drug-likeness (QED) is 0.697. The minimum Gasteiger partial charge on any atom is -0.359 e. The molecule has 0 unspecified atom stereocenters. The molecule has 0 spiro atoms. The number of aryl methyl sites for hydroxylation is 1. The molecule has 3 aromatic rings. The molecule has 0 atom stereocenters. The molecule has 2 N–H and O–H groups in total. The third kappa shape index (κ3) is 3.35. The van der Waals surface area contributed by atoms with E-state index in [1.807, 2.05) is 12.1 Å². The van der Waals surface area contributed by atoms with E-state index in [4.69, 9.17) is 4.52 Å². The van der Waals surface area contributed by atoms with Crippen molar-refractivity contribution in [3.63, 3.8) is 0 Å². The minimum absolute atomic E-state index is 0.101. The van der Waals surface area contributed by atoms with Crippen LogP contribution < -0.4 is 5.32 Å². The number of nitrogens with one attached hydrogen (secondary N) is 2. The molecule has 0 saturated heterocycles. The molecule has 3 aromatic heterocycles. The van der Waals surface area contributed by atoms with E-state index >= 15 is 0 Å². The maximum absolute atomic E-state index is 12.5. The molecule has 0 aromatic carbocycles. The summed E-state index contributed by atoms with van der Waals surface area (Å²) in [6, 6.07) is 5.45. The number of pyridine rings is 1. The summed E-state index contributed by atoms with van der Waals surface area (Å²) in [6.45, 7) is 5.19. The van der Waals surface area contributed by atoms with Crippen LogP contribution in [0.2, 0.25) is 0 Å². The number of ketones is 1. The highest BCUT2D eigenvalue weighted by atomic mass is 16.5. The Bertz CT molecular complexity index is 925. The molecule has 0 bridgehead atoms. The van der Waals surface area contributed by atoms with E-state index in [0.717, 1.165) is 5.56 Å². The Hall–Kier alpha value is -3.22. The van der Waals surface area contributed by atoms with Crippen LogP contribution in [0.5, 0.6) is 0 Å². The van der Waals surface area contributed by atoms with Gasteiger partial charge in [0.15, 0.2) is 11.5 Å². The Kier molecular flexibility index (Phi) is 4.47. The van der Waals surface area contributed by atoms with Crippen LogP contribution in [0.25, 0.3) is 11.3 Å². The lowest BCUT2D eigenvalue weighted by Gasteiger charge is -2.03. The lowest BCUT2D eigenvalue weighted by atomic mass is 10.1. The Labute approximate surface area is 144 Å². The predicted molar refractivity (Wildman–Crippen MR) is 91.2 cm³/mol. The largest absolute Gasteiger partial charge is 0.359 e. The van der Waals surface area contributed by atoms with Gasteiger partial charge in [-0.3, -0.25) is 14.6 Å². The van der Waals surface area contributed by atoms with Crippen molar-refractivity contribution in [3.05, 3.63) is 58.9 Å². The SMILES string of the molecule is CC(=O)c1[nH]c(C)c(C(=O)NCc2cc(-c3cccnc3)no2)c1C. The summed E-state index contributed by atoms with van der Waals surface area (Å²) in [7, 11) is 0. The van der Waals surface area contributed by atoms with Crippen molar-refractivity contribution in [2.75, 3.05) is 0 Å². The van der Waals surface area contributed by atoms with Crippen molar-refractivity contribution >= 4 is 11.7 Å². The minimum atomic E-state index is -0.266. The summed E-state index contributed by atoms with van der Waals surface area (Å²) in [6.07, 6.45) is 3.37. The monoisotopic (exact) mass is 338 g/mol. The van der Waals surface area contributed by atoms with Gasteiger partial charge in [-0.25, -0.2) is 0 Å². The number of carbonyl (C=O) groups is 2. The smallest absolute Gasteiger partial charge is 0.253 e. The number of hydrogen-bond acceptors (Lipinski definition) is 5. The molecule has 7 nitrogen and oxygen atoms in total. The Morgan fingerprint density at radius 2 is 2.12 bits per heavy atom. The predicted octanol–water partition coefficient (Wildman–Crippen LogP) is 2.81. The Balaban J connectivity index is 1.71. The molecule has 3 heterocycles. The second kappa shape index (κ2) is 6.72. The lowest BCUT2D eigenvalue weighted by Crippen LogP contribution is -2.23. The van der Waals surface area contributed by atoms with E-state index in [-0.39, 0.29) is 18.2 Å². The van der Waals surface area contributed by atoms with Gasteiger partial charge >= 0.3 is 0 Å². The first kappa shape index (κ1) is 16.6. The summed E-state index contributed by atoms with van der Waals surface area (Å²) < 4.78 is 5.25. The average Bonchev–Trinajstić information content (AvgIpc) is 3.18. The van der Waals surface area contributed by atoms with Crippen LogP contribution in [0, 0.1) is 13.8 Å². The molecule has 0 saturated carbocycles. The van der Waals surface area contributed by atoms with Gasteiger partial charge in [0.1, 0.15) is 5.69 Å². The highest BCUT2D eigenvalue weighted by molar-refractivity contribution is 6.02. The number of aromatic nitrogens is 3. The van der Waals surface area contributed by atoms with Crippen LogP contribution in [0.1, 0.15) is 44.8 Å². The van der Waals surface area contributed by atoms with Crippen LogP contribution in [-0.4, -0.2) is 26.8 Å². The molecule has 0 aliphatic carbocycles. The number of H-pyrrole nitrogens is 1. The molecule has 128 valence electrons. The fourth-order valence-electron chi connectivity index (χ4n) is 2.75. The standard InChI is InChI=1S/C18H18N4O3/c1-10-16(11(2)21-17(10)12(3)23)18(24)20-9-14-7-15(22-25-14)13-5-4-6-19-8-13/h4-8,21H,9H2,1-3H3,(H,20,24). The fraction of sp³-hybridized carbons (Fsp3) is 0.222. The first-order chi connectivity index (χ1) is 12.0. The first-order valence-electron chi connectivity index (χ1n) is 7.81. The zero-order valence-corrected chi connectivity index (χ0v) is 14.2. The van der Waals surface area contributed by atoms with Crippen molar-refractivity contribution in [2.24, 2.45) is 0 Å². The molecular weight excluding hydrogens is 320 g/mol. The molecule has 1 amide bonds. The van der Waals surface area contributed by atoms with Gasteiger partial charge < -0.3 is 14.8 Å². The van der Waals surface area contributed by atoms with Crippen molar-refractivity contribution in [1.82, 2.24) is 20.4 Å². The van der Waals surface area contributed by atoms with Crippen LogP contribution in [0.4, 0.5) is 0 Å². The number of hydrogen-bond donors (Lipinski definition) is 2. The molecular formula is C18H18N4O3. The van der Waals surface area contributed by atoms with Gasteiger partial charge in [0.05, 0.1) is 17.8 Å². The second-order valence-electron chi connectivity index (χ2n) is 5.78. The molecule has 0 fully saturated rings. The van der Waals surface area contributed by atoms with E-state index in [9.17, 15) is 9.59 Å². The van der Waals surface area contributed by atoms with Gasteiger partial charge in [0.25, 0.3) is 5.91 Å². The summed E-state index contributed by atoms with van der Waals surface area (Å²) in [5, 5.41) is 6.78. The van der Waals surface area contributed by atoms with E-state index in [1.165, 1.54) is 6.92 Å². The number of rotatable bonds is 5. The van der Waals surface area contributed by atoms with E-state index in [1.54, 1.807) is 32.3 Å². The summed E-state index contributed by atoms with van der Waals surface area (Å²) in [5.74, 6) is 0.166. The van der Waals surface area contributed by atoms with E-state index in [0.29, 0.717) is 34.0 Å². The maximum Gasteiger partial charge on any atom is 0.253 e. The van der Waals surface area contributed by atoms with E-state index < -0.39 is 0 Å². The number of carbonyl (C=O) groups excluding carboxylic acids is 2. The Morgan fingerprint density at radius 3 is 2.76 bits per heavy atom. The highest BCUT2D eigenvalue weighted by Crippen LogP contribution is 2.20. The third-order valence-corrected chi connectivity index (χ3v) is 3.96. The topological polar surface area (TPSA) is 101 Å². The zero-order chi connectivity index (χ0) is 18.0. The molecule has 25 heavy (non-hydrogen) atoms. The van der Waals surface area contributed by atoms with Crippen LogP contribution in [0.15, 0.2) is 35.1 Å². The lowest BCUT2D eigenvalue weighted by molar-refractivity contribution is 0.0946. The second-order valence-corrected chi connectivity index (χ2v) is 5.78. The van der Waals surface area contributed by atoms with Gasteiger partial charge in [0, 0.05) is 36.6 Å². The third-order valence-electron chi connectivity index (χ3n) is 3.96.